The number of ether oxygens (including phenoxy) is 3. The molecule has 0 aliphatic carbocycles. The lowest BCUT2D eigenvalue weighted by Gasteiger charge is -2.25. The summed E-state index contributed by atoms with van der Waals surface area (Å²) in [6, 6.07) is 6.38. The van der Waals surface area contributed by atoms with E-state index in [-0.39, 0.29) is 6.61 Å². The van der Waals surface area contributed by atoms with Gasteiger partial charge in [0.25, 0.3) is 5.91 Å². The highest BCUT2D eigenvalue weighted by Crippen LogP contribution is 2.26. The average Bonchev–Trinajstić information content (AvgIpc) is 2.89. The van der Waals surface area contributed by atoms with Crippen LogP contribution in [0.25, 0.3) is 0 Å². The smallest absolute Gasteiger partial charge is 0.272 e. The molecule has 0 bridgehead atoms. The molecule has 1 amide bonds. The minimum absolute atomic E-state index is 0.237. The zero-order chi connectivity index (χ0) is 18.6. The van der Waals surface area contributed by atoms with E-state index in [4.69, 9.17) is 20.1 Å². The first-order chi connectivity index (χ1) is 11.9. The zero-order valence-electron chi connectivity index (χ0n) is 14.1. The number of hydrogen-bond acceptors (Lipinski definition) is 8. The van der Waals surface area contributed by atoms with E-state index in [1.165, 1.54) is 0 Å². The fraction of sp³-hybridized carbons (Fsp3) is 0.562. The highest BCUT2D eigenvalue weighted by atomic mass is 16.7. The van der Waals surface area contributed by atoms with Crippen LogP contribution in [0.15, 0.2) is 24.3 Å². The van der Waals surface area contributed by atoms with Gasteiger partial charge in [0.1, 0.15) is 24.1 Å². The Labute approximate surface area is 145 Å². The van der Waals surface area contributed by atoms with Crippen molar-refractivity contribution in [3.63, 3.8) is 0 Å². The number of aliphatic hydroxyl groups excluding tert-OH is 3. The van der Waals surface area contributed by atoms with Gasteiger partial charge < -0.3 is 29.5 Å². The minimum Gasteiger partial charge on any atom is -0.494 e. The van der Waals surface area contributed by atoms with Crippen LogP contribution in [0.1, 0.15) is 13.8 Å². The Bertz CT molecular complexity index is 568. The molecule has 140 valence electrons. The molecule has 1 fully saturated rings. The van der Waals surface area contributed by atoms with Crippen LogP contribution in [0.4, 0.5) is 5.69 Å². The van der Waals surface area contributed by atoms with Gasteiger partial charge in [0.15, 0.2) is 12.4 Å². The van der Waals surface area contributed by atoms with Crippen molar-refractivity contribution in [3.8, 4) is 5.75 Å². The molecule has 25 heavy (non-hydrogen) atoms. The number of hydrazine groups is 1. The van der Waals surface area contributed by atoms with E-state index in [1.807, 2.05) is 6.92 Å². The Balaban J connectivity index is 2.05. The van der Waals surface area contributed by atoms with Crippen molar-refractivity contribution in [1.29, 1.82) is 0 Å². The van der Waals surface area contributed by atoms with Gasteiger partial charge in [-0.2, -0.15) is 0 Å². The molecule has 1 aromatic rings. The molecule has 2 rings (SSSR count). The maximum atomic E-state index is 12.4. The number of nitrogens with zero attached hydrogens (tertiary/aromatic N) is 1. The normalized spacial score (nSPS) is 27.1. The zero-order valence-corrected chi connectivity index (χ0v) is 14.1. The van der Waals surface area contributed by atoms with Crippen molar-refractivity contribution in [2.45, 2.75) is 44.6 Å². The first kappa shape index (κ1) is 19.6. The van der Waals surface area contributed by atoms with E-state index in [2.05, 4.69) is 0 Å². The number of rotatable bonds is 7. The average molecular weight is 356 g/mol. The summed E-state index contributed by atoms with van der Waals surface area (Å²) < 4.78 is 15.7. The fourth-order valence-corrected chi connectivity index (χ4v) is 2.51. The molecule has 1 aromatic carbocycles. The summed E-state index contributed by atoms with van der Waals surface area (Å²) in [7, 11) is 0. The van der Waals surface area contributed by atoms with E-state index < -0.39 is 36.6 Å². The number of anilines is 1. The van der Waals surface area contributed by atoms with E-state index in [0.717, 1.165) is 5.01 Å². The molecule has 5 atom stereocenters. The summed E-state index contributed by atoms with van der Waals surface area (Å²) >= 11 is 0. The second-order valence-electron chi connectivity index (χ2n) is 5.49. The summed E-state index contributed by atoms with van der Waals surface area (Å²) in [6.07, 6.45) is -7.10. The Morgan fingerprint density at radius 2 is 1.88 bits per heavy atom. The van der Waals surface area contributed by atoms with Crippen molar-refractivity contribution < 1.29 is 34.3 Å². The lowest BCUT2D eigenvalue weighted by molar-refractivity contribution is -0.177. The van der Waals surface area contributed by atoms with E-state index >= 15 is 0 Å². The van der Waals surface area contributed by atoms with Gasteiger partial charge in [0.05, 0.1) is 12.3 Å². The van der Waals surface area contributed by atoms with Gasteiger partial charge in [-0.25, -0.2) is 10.9 Å². The maximum absolute atomic E-state index is 12.4. The van der Waals surface area contributed by atoms with Crippen LogP contribution in [-0.4, -0.2) is 65.1 Å². The third-order valence-corrected chi connectivity index (χ3v) is 3.82. The first-order valence-corrected chi connectivity index (χ1v) is 8.03. The van der Waals surface area contributed by atoms with Gasteiger partial charge in [-0.3, -0.25) is 4.79 Å². The van der Waals surface area contributed by atoms with Crippen LogP contribution in [0.2, 0.25) is 0 Å². The molecule has 9 nitrogen and oxygen atoms in total. The highest BCUT2D eigenvalue weighted by molar-refractivity contribution is 5.95. The molecule has 1 aliphatic heterocycles. The monoisotopic (exact) mass is 356 g/mol. The second kappa shape index (κ2) is 8.56. The SMILES string of the molecule is CCOc1ccc(N(N)C(=O)[C@@H](O)[C@H]2OC(OCC)[C@H](O)[C@H]2O)cc1. The van der Waals surface area contributed by atoms with Gasteiger partial charge in [0, 0.05) is 6.61 Å². The summed E-state index contributed by atoms with van der Waals surface area (Å²) in [5, 5.41) is 30.8. The number of benzene rings is 1. The third kappa shape index (κ3) is 4.27. The largest absolute Gasteiger partial charge is 0.494 e. The van der Waals surface area contributed by atoms with E-state index in [1.54, 1.807) is 31.2 Å². The standard InChI is InChI=1S/C16H24N2O7/c1-3-23-10-7-5-9(6-8-10)18(17)15(22)13(21)14-11(19)12(20)16(25-14)24-4-2/h5-8,11-14,16,19-21H,3-4,17H2,1-2H3/t11-,12-,13+,14+,16?/m1/s1. The number of aliphatic hydroxyl groups is 3. The Kier molecular flexibility index (Phi) is 6.71. The quantitative estimate of drug-likeness (QED) is 0.281. The van der Waals surface area contributed by atoms with E-state index in [0.29, 0.717) is 18.0 Å². The highest BCUT2D eigenvalue weighted by Gasteiger charge is 2.49. The molecule has 0 radical (unpaired) electrons. The minimum atomic E-state index is -1.77. The molecule has 1 unspecified atom stereocenters. The number of hydrogen-bond donors (Lipinski definition) is 4. The molecule has 0 saturated carbocycles. The molecular formula is C16H24N2O7. The Morgan fingerprint density at radius 1 is 1.24 bits per heavy atom. The van der Waals surface area contributed by atoms with Crippen molar-refractivity contribution in [3.05, 3.63) is 24.3 Å². The van der Waals surface area contributed by atoms with Crippen LogP contribution in [0.5, 0.6) is 5.75 Å². The number of carbonyl (C=O) groups excluding carboxylic acids is 1. The molecule has 1 heterocycles. The molecule has 0 aromatic heterocycles. The van der Waals surface area contributed by atoms with Gasteiger partial charge in [-0.15, -0.1) is 0 Å². The maximum Gasteiger partial charge on any atom is 0.272 e. The van der Waals surface area contributed by atoms with Crippen LogP contribution in [0, 0.1) is 0 Å². The molecule has 1 aliphatic rings. The van der Waals surface area contributed by atoms with Crippen molar-refractivity contribution in [1.82, 2.24) is 0 Å². The number of nitrogens with two attached hydrogens (primary N) is 1. The molecular weight excluding hydrogens is 332 g/mol. The predicted molar refractivity (Wildman–Crippen MR) is 87.6 cm³/mol. The van der Waals surface area contributed by atoms with Crippen LogP contribution in [0.3, 0.4) is 0 Å². The van der Waals surface area contributed by atoms with Gasteiger partial charge in [-0.1, -0.05) is 0 Å². The van der Waals surface area contributed by atoms with Gasteiger partial charge >= 0.3 is 0 Å². The molecule has 0 spiro atoms. The Morgan fingerprint density at radius 3 is 2.44 bits per heavy atom. The first-order valence-electron chi connectivity index (χ1n) is 8.03. The van der Waals surface area contributed by atoms with Gasteiger partial charge in [0.2, 0.25) is 0 Å². The van der Waals surface area contributed by atoms with Crippen LogP contribution < -0.4 is 15.6 Å². The summed E-state index contributed by atoms with van der Waals surface area (Å²) in [5.41, 5.74) is 0.321. The number of carbonyl (C=O) groups is 1. The lowest BCUT2D eigenvalue weighted by Crippen LogP contribution is -2.51. The fourth-order valence-electron chi connectivity index (χ4n) is 2.51. The topological polar surface area (TPSA) is 135 Å². The summed E-state index contributed by atoms with van der Waals surface area (Å²) in [4.78, 5) is 12.4. The molecule has 9 heteroatoms. The second-order valence-corrected chi connectivity index (χ2v) is 5.49. The molecule has 5 N–H and O–H groups in total. The van der Waals surface area contributed by atoms with Crippen LogP contribution in [-0.2, 0) is 14.3 Å². The van der Waals surface area contributed by atoms with Crippen LogP contribution >= 0.6 is 0 Å². The molecule has 1 saturated heterocycles. The van der Waals surface area contributed by atoms with E-state index in [9.17, 15) is 20.1 Å². The number of amides is 1. The lowest BCUT2D eigenvalue weighted by atomic mass is 10.1. The third-order valence-electron chi connectivity index (χ3n) is 3.82. The van der Waals surface area contributed by atoms with Crippen molar-refractivity contribution >= 4 is 11.6 Å². The summed E-state index contributed by atoms with van der Waals surface area (Å²) in [6.45, 7) is 4.27. The van der Waals surface area contributed by atoms with Crippen molar-refractivity contribution in [2.75, 3.05) is 18.2 Å². The summed E-state index contributed by atoms with van der Waals surface area (Å²) in [5.74, 6) is 5.48. The van der Waals surface area contributed by atoms with Gasteiger partial charge in [-0.05, 0) is 38.1 Å². The van der Waals surface area contributed by atoms with Crippen molar-refractivity contribution in [2.24, 2.45) is 5.84 Å². The predicted octanol–water partition coefficient (Wildman–Crippen LogP) is -0.864. The Hall–Kier alpha value is -1.75.